The molecule has 0 saturated carbocycles. The van der Waals surface area contributed by atoms with Crippen LogP contribution in [-0.4, -0.2) is 30.2 Å². The number of hydrogen-bond acceptors (Lipinski definition) is 5. The predicted molar refractivity (Wildman–Crippen MR) is 111 cm³/mol. The molecule has 0 bridgehead atoms. The zero-order valence-corrected chi connectivity index (χ0v) is 15.9. The lowest BCUT2D eigenvalue weighted by molar-refractivity contribution is 0.197. The highest BCUT2D eigenvalue weighted by Gasteiger charge is 2.07. The van der Waals surface area contributed by atoms with Crippen LogP contribution in [0, 0.1) is 6.92 Å². The Bertz CT molecular complexity index is 835. The van der Waals surface area contributed by atoms with Crippen molar-refractivity contribution in [3.63, 3.8) is 0 Å². The summed E-state index contributed by atoms with van der Waals surface area (Å²) < 4.78 is 5.10. The Kier molecular flexibility index (Phi) is 6.77. The molecule has 5 heteroatoms. The summed E-state index contributed by atoms with van der Waals surface area (Å²) in [5.74, 6) is 1.43. The molecule has 140 valence electrons. The van der Waals surface area contributed by atoms with E-state index in [1.54, 1.807) is 7.11 Å². The number of hydrogen-bond donors (Lipinski definition) is 2. The van der Waals surface area contributed by atoms with E-state index in [4.69, 9.17) is 4.74 Å². The first-order valence-electron chi connectivity index (χ1n) is 9.21. The summed E-state index contributed by atoms with van der Waals surface area (Å²) in [5.41, 5.74) is 4.44. The Hall–Kier alpha value is -2.92. The average Bonchev–Trinajstić information content (AvgIpc) is 2.71. The van der Waals surface area contributed by atoms with E-state index in [1.165, 1.54) is 11.1 Å². The third-order valence-corrected chi connectivity index (χ3v) is 4.20. The lowest BCUT2D eigenvalue weighted by atomic mass is 10.1. The smallest absolute Gasteiger partial charge is 0.225 e. The van der Waals surface area contributed by atoms with Gasteiger partial charge in [0.15, 0.2) is 0 Å². The molecular formula is C22H26N4O. The quantitative estimate of drug-likeness (QED) is 0.548. The SMILES string of the molecule is COCCCNc1nc(NCc2ccc(C)cc2)cc(-c2ccccc2)n1. The molecule has 1 heterocycles. The molecule has 0 spiro atoms. The third kappa shape index (κ3) is 5.79. The van der Waals surface area contributed by atoms with Crippen LogP contribution in [0.5, 0.6) is 0 Å². The molecule has 0 atom stereocenters. The van der Waals surface area contributed by atoms with Crippen LogP contribution in [0.3, 0.4) is 0 Å². The predicted octanol–water partition coefficient (Wildman–Crippen LogP) is 4.51. The van der Waals surface area contributed by atoms with Crippen molar-refractivity contribution in [1.29, 1.82) is 0 Å². The van der Waals surface area contributed by atoms with E-state index in [1.807, 2.05) is 24.3 Å². The fraction of sp³-hybridized carbons (Fsp3) is 0.273. The number of anilines is 2. The molecule has 0 aliphatic heterocycles. The van der Waals surface area contributed by atoms with Gasteiger partial charge < -0.3 is 15.4 Å². The number of ether oxygens (including phenoxy) is 1. The number of rotatable bonds is 9. The molecule has 1 aromatic heterocycles. The first-order valence-corrected chi connectivity index (χ1v) is 9.21. The van der Waals surface area contributed by atoms with Gasteiger partial charge in [-0.25, -0.2) is 4.98 Å². The van der Waals surface area contributed by atoms with Gasteiger partial charge in [0.2, 0.25) is 5.95 Å². The Balaban J connectivity index is 1.77. The summed E-state index contributed by atoms with van der Waals surface area (Å²) in [6.45, 7) is 4.29. The second-order valence-corrected chi connectivity index (χ2v) is 6.44. The van der Waals surface area contributed by atoms with Crippen LogP contribution >= 0.6 is 0 Å². The zero-order chi connectivity index (χ0) is 18.9. The monoisotopic (exact) mass is 362 g/mol. The Morgan fingerprint density at radius 1 is 0.926 bits per heavy atom. The highest BCUT2D eigenvalue weighted by molar-refractivity contribution is 5.64. The molecular weight excluding hydrogens is 336 g/mol. The van der Waals surface area contributed by atoms with Gasteiger partial charge in [-0.15, -0.1) is 0 Å². The largest absolute Gasteiger partial charge is 0.385 e. The van der Waals surface area contributed by atoms with Gasteiger partial charge in [-0.05, 0) is 18.9 Å². The van der Waals surface area contributed by atoms with Crippen LogP contribution in [0.4, 0.5) is 11.8 Å². The van der Waals surface area contributed by atoms with E-state index in [2.05, 4.69) is 63.9 Å². The number of aromatic nitrogens is 2. The summed E-state index contributed by atoms with van der Waals surface area (Å²) in [5, 5.41) is 6.71. The first-order chi connectivity index (χ1) is 13.2. The fourth-order valence-electron chi connectivity index (χ4n) is 2.69. The van der Waals surface area contributed by atoms with Crippen LogP contribution in [0.2, 0.25) is 0 Å². The van der Waals surface area contributed by atoms with Gasteiger partial charge >= 0.3 is 0 Å². The summed E-state index contributed by atoms with van der Waals surface area (Å²) in [6, 6.07) is 20.6. The molecule has 27 heavy (non-hydrogen) atoms. The van der Waals surface area contributed by atoms with Crippen molar-refractivity contribution in [1.82, 2.24) is 9.97 Å². The van der Waals surface area contributed by atoms with E-state index in [0.29, 0.717) is 19.1 Å². The lowest BCUT2D eigenvalue weighted by Crippen LogP contribution is -2.10. The van der Waals surface area contributed by atoms with E-state index in [0.717, 1.165) is 30.0 Å². The van der Waals surface area contributed by atoms with Crippen molar-refractivity contribution in [2.24, 2.45) is 0 Å². The number of aryl methyl sites for hydroxylation is 1. The van der Waals surface area contributed by atoms with Gasteiger partial charge in [0, 0.05) is 38.4 Å². The highest BCUT2D eigenvalue weighted by atomic mass is 16.5. The Morgan fingerprint density at radius 2 is 1.70 bits per heavy atom. The maximum atomic E-state index is 5.10. The summed E-state index contributed by atoms with van der Waals surface area (Å²) >= 11 is 0. The van der Waals surface area contributed by atoms with Gasteiger partial charge in [-0.2, -0.15) is 4.98 Å². The van der Waals surface area contributed by atoms with Gasteiger partial charge in [0.25, 0.3) is 0 Å². The summed E-state index contributed by atoms with van der Waals surface area (Å²) in [4.78, 5) is 9.28. The molecule has 2 N–H and O–H groups in total. The van der Waals surface area contributed by atoms with Crippen LogP contribution in [0.25, 0.3) is 11.3 Å². The minimum Gasteiger partial charge on any atom is -0.385 e. The minimum absolute atomic E-state index is 0.624. The number of nitrogens with zero attached hydrogens (tertiary/aromatic N) is 2. The zero-order valence-electron chi connectivity index (χ0n) is 15.9. The van der Waals surface area contributed by atoms with E-state index < -0.39 is 0 Å². The van der Waals surface area contributed by atoms with Crippen LogP contribution in [-0.2, 0) is 11.3 Å². The maximum absolute atomic E-state index is 5.10. The topological polar surface area (TPSA) is 59.1 Å². The maximum Gasteiger partial charge on any atom is 0.225 e. The molecule has 0 unspecified atom stereocenters. The Labute approximate surface area is 160 Å². The highest BCUT2D eigenvalue weighted by Crippen LogP contribution is 2.21. The summed E-state index contributed by atoms with van der Waals surface area (Å²) in [7, 11) is 1.71. The Morgan fingerprint density at radius 3 is 2.44 bits per heavy atom. The van der Waals surface area contributed by atoms with Crippen molar-refractivity contribution in [3.05, 3.63) is 71.8 Å². The van der Waals surface area contributed by atoms with Crippen molar-refractivity contribution < 1.29 is 4.74 Å². The standard InChI is InChI=1S/C22H26N4O/c1-17-9-11-18(12-10-17)16-24-21-15-20(19-7-4-3-5-8-19)25-22(26-21)23-13-6-14-27-2/h3-5,7-12,15H,6,13-14,16H2,1-2H3,(H2,23,24,25,26). The van der Waals surface area contributed by atoms with Gasteiger partial charge in [0.05, 0.1) is 5.69 Å². The van der Waals surface area contributed by atoms with Gasteiger partial charge in [0.1, 0.15) is 5.82 Å². The van der Waals surface area contributed by atoms with Gasteiger partial charge in [-0.3, -0.25) is 0 Å². The van der Waals surface area contributed by atoms with Crippen molar-refractivity contribution in [3.8, 4) is 11.3 Å². The minimum atomic E-state index is 0.624. The second-order valence-electron chi connectivity index (χ2n) is 6.44. The molecule has 0 amide bonds. The van der Waals surface area contributed by atoms with Crippen molar-refractivity contribution in [2.75, 3.05) is 30.9 Å². The number of methoxy groups -OCH3 is 1. The molecule has 5 nitrogen and oxygen atoms in total. The van der Waals surface area contributed by atoms with E-state index in [9.17, 15) is 0 Å². The summed E-state index contributed by atoms with van der Waals surface area (Å²) in [6.07, 6.45) is 0.904. The van der Waals surface area contributed by atoms with Crippen LogP contribution < -0.4 is 10.6 Å². The molecule has 0 saturated heterocycles. The fourth-order valence-corrected chi connectivity index (χ4v) is 2.69. The first kappa shape index (κ1) is 18.9. The van der Waals surface area contributed by atoms with E-state index >= 15 is 0 Å². The van der Waals surface area contributed by atoms with Gasteiger partial charge in [-0.1, -0.05) is 60.2 Å². The number of benzene rings is 2. The normalized spacial score (nSPS) is 10.6. The molecule has 0 fully saturated rings. The third-order valence-electron chi connectivity index (χ3n) is 4.20. The van der Waals surface area contributed by atoms with Crippen LogP contribution in [0.15, 0.2) is 60.7 Å². The molecule has 3 aromatic rings. The number of nitrogens with one attached hydrogen (secondary N) is 2. The van der Waals surface area contributed by atoms with Crippen molar-refractivity contribution >= 4 is 11.8 Å². The van der Waals surface area contributed by atoms with Crippen molar-refractivity contribution in [2.45, 2.75) is 19.9 Å². The van der Waals surface area contributed by atoms with E-state index in [-0.39, 0.29) is 0 Å². The second kappa shape index (κ2) is 9.69. The molecule has 0 aliphatic rings. The molecule has 0 radical (unpaired) electrons. The molecule has 2 aromatic carbocycles. The van der Waals surface area contributed by atoms with Crippen LogP contribution in [0.1, 0.15) is 17.5 Å². The average molecular weight is 362 g/mol. The lowest BCUT2D eigenvalue weighted by Gasteiger charge is -2.12. The molecule has 3 rings (SSSR count). The molecule has 0 aliphatic carbocycles.